The van der Waals surface area contributed by atoms with E-state index < -0.39 is 23.0 Å². The number of nitrogens with one attached hydrogen (secondary N) is 2. The molecule has 26 heavy (non-hydrogen) atoms. The molecule has 2 N–H and O–H groups in total. The van der Waals surface area contributed by atoms with E-state index >= 15 is 0 Å². The molecule has 0 saturated carbocycles. The minimum absolute atomic E-state index is 0.257. The van der Waals surface area contributed by atoms with Gasteiger partial charge in [0, 0.05) is 18.0 Å². The number of carbonyl (C=O) groups is 1. The van der Waals surface area contributed by atoms with Gasteiger partial charge < -0.3 is 15.0 Å². The summed E-state index contributed by atoms with van der Waals surface area (Å²) in [6.45, 7) is 0. The maximum absolute atomic E-state index is 12.9. The Morgan fingerprint density at radius 2 is 1.88 bits per heavy atom. The summed E-state index contributed by atoms with van der Waals surface area (Å²) in [5.74, 6) is -0.725. The van der Waals surface area contributed by atoms with Crippen molar-refractivity contribution in [3.63, 3.8) is 0 Å². The molecule has 0 aliphatic heterocycles. The van der Waals surface area contributed by atoms with Crippen LogP contribution in [0, 0.1) is 5.82 Å². The quantitative estimate of drug-likeness (QED) is 0.748. The zero-order valence-electron chi connectivity index (χ0n) is 13.7. The fraction of sp³-hybridized carbons (Fsp3) is 0.0556. The SMILES string of the molecule is COc1cccc(-n2c(=O)[nH]cc(C(=O)Nc3ccc(F)cc3)c2=O)c1. The van der Waals surface area contributed by atoms with Crippen molar-refractivity contribution < 1.29 is 13.9 Å². The summed E-state index contributed by atoms with van der Waals surface area (Å²) < 4.78 is 18.9. The Bertz CT molecular complexity index is 1070. The van der Waals surface area contributed by atoms with E-state index in [0.29, 0.717) is 11.4 Å². The molecule has 0 fully saturated rings. The van der Waals surface area contributed by atoms with E-state index in [4.69, 9.17) is 4.74 Å². The second-order valence-electron chi connectivity index (χ2n) is 5.31. The van der Waals surface area contributed by atoms with Gasteiger partial charge >= 0.3 is 5.69 Å². The molecule has 1 amide bonds. The van der Waals surface area contributed by atoms with Crippen LogP contribution in [0.25, 0.3) is 5.69 Å². The van der Waals surface area contributed by atoms with Gasteiger partial charge in [-0.2, -0.15) is 0 Å². The maximum Gasteiger partial charge on any atom is 0.333 e. The normalized spacial score (nSPS) is 10.4. The first-order valence-electron chi connectivity index (χ1n) is 7.55. The lowest BCUT2D eigenvalue weighted by atomic mass is 10.2. The van der Waals surface area contributed by atoms with E-state index in [2.05, 4.69) is 10.3 Å². The molecule has 0 bridgehead atoms. The van der Waals surface area contributed by atoms with Gasteiger partial charge in [0.15, 0.2) is 0 Å². The van der Waals surface area contributed by atoms with E-state index in [0.717, 1.165) is 10.8 Å². The van der Waals surface area contributed by atoms with Crippen molar-refractivity contribution in [2.24, 2.45) is 0 Å². The Morgan fingerprint density at radius 1 is 1.15 bits per heavy atom. The lowest BCUT2D eigenvalue weighted by Gasteiger charge is -2.09. The van der Waals surface area contributed by atoms with Crippen molar-refractivity contribution >= 4 is 11.6 Å². The summed E-state index contributed by atoms with van der Waals surface area (Å²) in [5, 5.41) is 2.48. The zero-order valence-corrected chi connectivity index (χ0v) is 13.7. The number of anilines is 1. The van der Waals surface area contributed by atoms with Crippen LogP contribution in [0.4, 0.5) is 10.1 Å². The fourth-order valence-electron chi connectivity index (χ4n) is 2.35. The number of halogens is 1. The topological polar surface area (TPSA) is 93.2 Å². The second-order valence-corrected chi connectivity index (χ2v) is 5.31. The third kappa shape index (κ3) is 3.39. The molecule has 0 atom stereocenters. The van der Waals surface area contributed by atoms with Gasteiger partial charge in [0.2, 0.25) is 0 Å². The van der Waals surface area contributed by atoms with Gasteiger partial charge in [-0.1, -0.05) is 6.07 Å². The predicted molar refractivity (Wildman–Crippen MR) is 93.6 cm³/mol. The molecule has 3 aromatic rings. The Morgan fingerprint density at radius 3 is 2.58 bits per heavy atom. The highest BCUT2D eigenvalue weighted by Crippen LogP contribution is 2.14. The molecule has 8 heteroatoms. The molecule has 0 saturated heterocycles. The highest BCUT2D eigenvalue weighted by molar-refractivity contribution is 6.03. The number of ether oxygens (including phenoxy) is 1. The maximum atomic E-state index is 12.9. The average molecular weight is 355 g/mol. The van der Waals surface area contributed by atoms with E-state index in [1.54, 1.807) is 18.2 Å². The second kappa shape index (κ2) is 7.06. The number of carbonyl (C=O) groups excluding carboxylic acids is 1. The zero-order chi connectivity index (χ0) is 18.7. The average Bonchev–Trinajstić information content (AvgIpc) is 2.64. The number of nitrogens with zero attached hydrogens (tertiary/aromatic N) is 1. The van der Waals surface area contributed by atoms with Gasteiger partial charge in [0.25, 0.3) is 11.5 Å². The number of amides is 1. The first-order chi connectivity index (χ1) is 12.5. The lowest BCUT2D eigenvalue weighted by molar-refractivity contribution is 0.102. The van der Waals surface area contributed by atoms with Crippen LogP contribution in [-0.2, 0) is 0 Å². The Balaban J connectivity index is 2.01. The van der Waals surface area contributed by atoms with Crippen LogP contribution in [0.1, 0.15) is 10.4 Å². The van der Waals surface area contributed by atoms with Gasteiger partial charge in [-0.15, -0.1) is 0 Å². The van der Waals surface area contributed by atoms with Crippen molar-refractivity contribution in [2.45, 2.75) is 0 Å². The molecule has 0 unspecified atom stereocenters. The van der Waals surface area contributed by atoms with E-state index in [-0.39, 0.29) is 11.3 Å². The molecule has 3 rings (SSSR count). The molecule has 0 spiro atoms. The lowest BCUT2D eigenvalue weighted by Crippen LogP contribution is -2.38. The van der Waals surface area contributed by atoms with Crippen molar-refractivity contribution in [3.05, 3.63) is 86.9 Å². The minimum Gasteiger partial charge on any atom is -0.497 e. The van der Waals surface area contributed by atoms with Crippen molar-refractivity contribution in [1.82, 2.24) is 9.55 Å². The molecule has 0 radical (unpaired) electrons. The highest BCUT2D eigenvalue weighted by Gasteiger charge is 2.16. The van der Waals surface area contributed by atoms with E-state index in [9.17, 15) is 18.8 Å². The number of hydrogen-bond acceptors (Lipinski definition) is 4. The van der Waals surface area contributed by atoms with Gasteiger partial charge in [0.1, 0.15) is 17.1 Å². The minimum atomic E-state index is -0.790. The van der Waals surface area contributed by atoms with E-state index in [1.165, 1.54) is 37.4 Å². The molecule has 1 aromatic heterocycles. The Kier molecular flexibility index (Phi) is 4.66. The van der Waals surface area contributed by atoms with E-state index in [1.807, 2.05) is 0 Å². The summed E-state index contributed by atoms with van der Waals surface area (Å²) in [4.78, 5) is 39.5. The smallest absolute Gasteiger partial charge is 0.333 e. The fourth-order valence-corrected chi connectivity index (χ4v) is 2.35. The summed E-state index contributed by atoms with van der Waals surface area (Å²) in [5.41, 5.74) is -1.18. The van der Waals surface area contributed by atoms with Gasteiger partial charge in [-0.25, -0.2) is 13.8 Å². The number of aromatic amines is 1. The monoisotopic (exact) mass is 355 g/mol. The van der Waals surface area contributed by atoms with Gasteiger partial charge in [-0.05, 0) is 36.4 Å². The number of rotatable bonds is 4. The van der Waals surface area contributed by atoms with Crippen molar-refractivity contribution in [2.75, 3.05) is 12.4 Å². The molecular weight excluding hydrogens is 341 g/mol. The van der Waals surface area contributed by atoms with Gasteiger partial charge in [-0.3, -0.25) is 9.59 Å². The number of hydrogen-bond donors (Lipinski definition) is 2. The molecule has 0 aliphatic carbocycles. The molecule has 1 heterocycles. The summed E-state index contributed by atoms with van der Waals surface area (Å²) in [7, 11) is 1.46. The third-order valence-electron chi connectivity index (χ3n) is 3.63. The number of H-pyrrole nitrogens is 1. The summed E-state index contributed by atoms with van der Waals surface area (Å²) in [6.07, 6.45) is 1.04. The highest BCUT2D eigenvalue weighted by atomic mass is 19.1. The largest absolute Gasteiger partial charge is 0.497 e. The van der Waals surface area contributed by atoms with Crippen LogP contribution in [-0.4, -0.2) is 22.6 Å². The van der Waals surface area contributed by atoms with Crippen LogP contribution in [0.5, 0.6) is 5.75 Å². The molecule has 2 aromatic carbocycles. The Labute approximate surface area is 146 Å². The van der Waals surface area contributed by atoms with Crippen LogP contribution >= 0.6 is 0 Å². The van der Waals surface area contributed by atoms with Crippen LogP contribution in [0.15, 0.2) is 64.3 Å². The number of benzene rings is 2. The first kappa shape index (κ1) is 17.2. The van der Waals surface area contributed by atoms with Crippen LogP contribution in [0.2, 0.25) is 0 Å². The van der Waals surface area contributed by atoms with Crippen molar-refractivity contribution in [3.8, 4) is 11.4 Å². The molecule has 0 aliphatic rings. The molecule has 132 valence electrons. The molecular formula is C18H14FN3O4. The van der Waals surface area contributed by atoms with Crippen LogP contribution < -0.4 is 21.3 Å². The number of methoxy groups -OCH3 is 1. The third-order valence-corrected chi connectivity index (χ3v) is 3.63. The standard InChI is InChI=1S/C18H14FN3O4/c1-26-14-4-2-3-13(9-14)22-17(24)15(10-20-18(22)25)16(23)21-12-7-5-11(19)6-8-12/h2-10H,1H3,(H,20,25)(H,21,23). The van der Waals surface area contributed by atoms with Crippen molar-refractivity contribution in [1.29, 1.82) is 0 Å². The summed E-state index contributed by atoms with van der Waals surface area (Å²) in [6, 6.07) is 11.4. The summed E-state index contributed by atoms with van der Waals surface area (Å²) >= 11 is 0. The Hall–Kier alpha value is -3.68. The predicted octanol–water partition coefficient (Wildman–Crippen LogP) is 1.93. The molecule has 7 nitrogen and oxygen atoms in total. The first-order valence-corrected chi connectivity index (χ1v) is 7.55. The van der Waals surface area contributed by atoms with Crippen LogP contribution in [0.3, 0.4) is 0 Å². The number of aromatic nitrogens is 2. The van der Waals surface area contributed by atoms with Gasteiger partial charge in [0.05, 0.1) is 12.8 Å².